The summed E-state index contributed by atoms with van der Waals surface area (Å²) in [6.07, 6.45) is 0. The molecular weight excluding hydrogens is 224 g/mol. The number of nitrogens with zero attached hydrogens (tertiary/aromatic N) is 3. The molecule has 0 aliphatic rings. The van der Waals surface area contributed by atoms with Crippen LogP contribution in [0.25, 0.3) is 0 Å². The second-order valence-electron chi connectivity index (χ2n) is 4.72. The number of benzene rings is 1. The number of nitrogens with two attached hydrogens (primary N) is 1. The van der Waals surface area contributed by atoms with Gasteiger partial charge in [0.25, 0.3) is 0 Å². The maximum absolute atomic E-state index is 5.74. The predicted octanol–water partition coefficient (Wildman–Crippen LogP) is 3.87. The number of aryl methyl sites for hydroxylation is 1. The molecule has 0 radical (unpaired) electrons. The van der Waals surface area contributed by atoms with Crippen LogP contribution < -0.4 is 10.6 Å². The van der Waals surface area contributed by atoms with Crippen molar-refractivity contribution in [1.82, 2.24) is 0 Å². The van der Waals surface area contributed by atoms with Crippen molar-refractivity contribution < 1.29 is 0 Å². The van der Waals surface area contributed by atoms with Gasteiger partial charge in [-0.2, -0.15) is 10.2 Å². The van der Waals surface area contributed by atoms with Gasteiger partial charge in [-0.25, -0.2) is 0 Å². The number of azo groups is 1. The molecule has 0 saturated heterocycles. The van der Waals surface area contributed by atoms with Crippen LogP contribution in [-0.4, -0.2) is 19.8 Å². The minimum Gasteiger partial charge on any atom is -0.378 e. The summed E-state index contributed by atoms with van der Waals surface area (Å²) in [7, 11) is 4.03. The molecule has 0 bridgehead atoms. The van der Waals surface area contributed by atoms with Crippen LogP contribution in [0.15, 0.2) is 28.4 Å². The smallest absolute Gasteiger partial charge is 0.123 e. The van der Waals surface area contributed by atoms with Gasteiger partial charge in [-0.1, -0.05) is 13.8 Å². The Morgan fingerprint density at radius 2 is 1.72 bits per heavy atom. The molecule has 0 fully saturated rings. The van der Waals surface area contributed by atoms with E-state index in [1.54, 1.807) is 0 Å². The average molecular weight is 250 g/mol. The average Bonchev–Trinajstić information content (AvgIpc) is 2.28. The quantitative estimate of drug-likeness (QED) is 0.828. The van der Waals surface area contributed by atoms with E-state index in [4.69, 9.17) is 5.73 Å². The second-order valence-corrected chi connectivity index (χ2v) is 4.72. The molecular formula is C14H26N4. The van der Waals surface area contributed by atoms with Gasteiger partial charge in [0.15, 0.2) is 0 Å². The summed E-state index contributed by atoms with van der Waals surface area (Å²) in [6.45, 7) is 9.66. The zero-order chi connectivity index (χ0) is 14.3. The highest BCUT2D eigenvalue weighted by atomic mass is 15.2. The molecule has 0 aromatic heterocycles. The van der Waals surface area contributed by atoms with Crippen molar-refractivity contribution in [2.45, 2.75) is 40.3 Å². The lowest BCUT2D eigenvalue weighted by Gasteiger charge is -2.14. The monoisotopic (exact) mass is 250 g/mol. The van der Waals surface area contributed by atoms with Crippen molar-refractivity contribution in [3.8, 4) is 0 Å². The lowest BCUT2D eigenvalue weighted by molar-refractivity contribution is 0.521. The van der Waals surface area contributed by atoms with Crippen molar-refractivity contribution in [2.24, 2.45) is 16.0 Å². The number of hydrogen-bond donors (Lipinski definition) is 1. The molecule has 0 atom stereocenters. The highest BCUT2D eigenvalue weighted by molar-refractivity contribution is 5.56. The van der Waals surface area contributed by atoms with Gasteiger partial charge in [0.2, 0.25) is 0 Å². The molecule has 1 aromatic rings. The van der Waals surface area contributed by atoms with E-state index in [0.717, 1.165) is 16.9 Å². The molecule has 0 aliphatic heterocycles. The number of hydrogen-bond acceptors (Lipinski definition) is 4. The zero-order valence-electron chi connectivity index (χ0n) is 12.7. The van der Waals surface area contributed by atoms with Crippen molar-refractivity contribution in [3.05, 3.63) is 23.8 Å². The molecule has 102 valence electrons. The maximum Gasteiger partial charge on any atom is 0.123 e. The van der Waals surface area contributed by atoms with E-state index >= 15 is 0 Å². The van der Waals surface area contributed by atoms with E-state index in [1.165, 1.54) is 0 Å². The van der Waals surface area contributed by atoms with E-state index in [2.05, 4.69) is 21.2 Å². The Morgan fingerprint density at radius 3 is 2.11 bits per heavy atom. The van der Waals surface area contributed by atoms with Crippen LogP contribution in [0.2, 0.25) is 0 Å². The maximum atomic E-state index is 5.74. The van der Waals surface area contributed by atoms with Crippen LogP contribution >= 0.6 is 0 Å². The fourth-order valence-corrected chi connectivity index (χ4v) is 1.21. The SMILES string of the molecule is CC.Cc1cc(N(C)C)ccc1N=NC(C)(C)N. The van der Waals surface area contributed by atoms with Gasteiger partial charge in [0.05, 0.1) is 5.69 Å². The van der Waals surface area contributed by atoms with Gasteiger partial charge in [-0.15, -0.1) is 0 Å². The second kappa shape index (κ2) is 7.11. The molecule has 0 unspecified atom stereocenters. The summed E-state index contributed by atoms with van der Waals surface area (Å²) in [6, 6.07) is 6.06. The molecule has 1 aromatic carbocycles. The largest absolute Gasteiger partial charge is 0.378 e. The summed E-state index contributed by atoms with van der Waals surface area (Å²) >= 11 is 0. The van der Waals surface area contributed by atoms with Crippen LogP contribution in [0.5, 0.6) is 0 Å². The Balaban J connectivity index is 0.00000137. The molecule has 0 spiro atoms. The Hall–Kier alpha value is -1.42. The first-order chi connectivity index (χ1) is 8.29. The number of anilines is 1. The van der Waals surface area contributed by atoms with E-state index in [0.29, 0.717) is 0 Å². The van der Waals surface area contributed by atoms with E-state index < -0.39 is 5.66 Å². The molecule has 18 heavy (non-hydrogen) atoms. The fourth-order valence-electron chi connectivity index (χ4n) is 1.21. The van der Waals surface area contributed by atoms with Crippen molar-refractivity contribution in [1.29, 1.82) is 0 Å². The third-order valence-corrected chi connectivity index (χ3v) is 2.11. The molecule has 0 aliphatic carbocycles. The zero-order valence-corrected chi connectivity index (χ0v) is 12.7. The molecule has 1 rings (SSSR count). The van der Waals surface area contributed by atoms with E-state index in [9.17, 15) is 0 Å². The Kier molecular flexibility index (Phi) is 6.55. The summed E-state index contributed by atoms with van der Waals surface area (Å²) in [5.41, 5.74) is 8.24. The summed E-state index contributed by atoms with van der Waals surface area (Å²) < 4.78 is 0. The minimum atomic E-state index is -0.618. The highest BCUT2D eigenvalue weighted by Crippen LogP contribution is 2.24. The lowest BCUT2D eigenvalue weighted by Crippen LogP contribution is -2.28. The van der Waals surface area contributed by atoms with Crippen molar-refractivity contribution in [2.75, 3.05) is 19.0 Å². The third kappa shape index (κ3) is 5.77. The Labute approximate surface area is 111 Å². The van der Waals surface area contributed by atoms with Gasteiger partial charge in [-0.3, -0.25) is 0 Å². The van der Waals surface area contributed by atoms with E-state index in [1.807, 2.05) is 60.8 Å². The molecule has 0 heterocycles. The van der Waals surface area contributed by atoms with Crippen LogP contribution in [-0.2, 0) is 0 Å². The molecule has 2 N–H and O–H groups in total. The first kappa shape index (κ1) is 16.6. The van der Waals surface area contributed by atoms with Crippen LogP contribution in [0, 0.1) is 6.92 Å². The first-order valence-electron chi connectivity index (χ1n) is 6.29. The Morgan fingerprint density at radius 1 is 1.17 bits per heavy atom. The fraction of sp³-hybridized carbons (Fsp3) is 0.571. The summed E-state index contributed by atoms with van der Waals surface area (Å²) in [5, 5.41) is 8.21. The Bertz CT molecular complexity index is 389. The summed E-state index contributed by atoms with van der Waals surface area (Å²) in [5.74, 6) is 0. The molecule has 0 saturated carbocycles. The predicted molar refractivity (Wildman–Crippen MR) is 79.6 cm³/mol. The van der Waals surface area contributed by atoms with Gasteiger partial charge in [0.1, 0.15) is 5.66 Å². The lowest BCUT2D eigenvalue weighted by atomic mass is 10.2. The minimum absolute atomic E-state index is 0.618. The molecule has 4 heteroatoms. The molecule has 4 nitrogen and oxygen atoms in total. The van der Waals surface area contributed by atoms with Crippen LogP contribution in [0.3, 0.4) is 0 Å². The van der Waals surface area contributed by atoms with Gasteiger partial charge < -0.3 is 10.6 Å². The van der Waals surface area contributed by atoms with Crippen molar-refractivity contribution in [3.63, 3.8) is 0 Å². The van der Waals surface area contributed by atoms with Gasteiger partial charge >= 0.3 is 0 Å². The molecule has 0 amide bonds. The standard InChI is InChI=1S/C12H20N4.C2H6/c1-9-8-10(16(4)5)6-7-11(9)14-15-12(2,3)13;1-2/h6-8H,13H2,1-5H3;1-2H3. The van der Waals surface area contributed by atoms with Gasteiger partial charge in [0, 0.05) is 19.8 Å². The van der Waals surface area contributed by atoms with Crippen molar-refractivity contribution >= 4 is 11.4 Å². The van der Waals surface area contributed by atoms with E-state index in [-0.39, 0.29) is 0 Å². The topological polar surface area (TPSA) is 54.0 Å². The van der Waals surface area contributed by atoms with Gasteiger partial charge in [-0.05, 0) is 44.5 Å². The normalized spacial score (nSPS) is 11.1. The van der Waals surface area contributed by atoms with Crippen LogP contribution in [0.1, 0.15) is 33.3 Å². The highest BCUT2D eigenvalue weighted by Gasteiger charge is 2.07. The van der Waals surface area contributed by atoms with Crippen LogP contribution in [0.4, 0.5) is 11.4 Å². The first-order valence-corrected chi connectivity index (χ1v) is 6.29. The summed E-state index contributed by atoms with van der Waals surface area (Å²) in [4.78, 5) is 2.06. The third-order valence-electron chi connectivity index (χ3n) is 2.11. The number of rotatable bonds is 3.